The zero-order valence-corrected chi connectivity index (χ0v) is 17.0. The Morgan fingerprint density at radius 1 is 1.31 bits per heavy atom. The number of hydrogen-bond donors (Lipinski definition) is 2. The highest BCUT2D eigenvalue weighted by Gasteiger charge is 2.17. The van der Waals surface area contributed by atoms with Gasteiger partial charge < -0.3 is 5.32 Å². The number of ketones is 1. The van der Waals surface area contributed by atoms with E-state index in [1.54, 1.807) is 29.1 Å². The SMILES string of the molecule is CC(=O)c1cc(C(=O)NC(C)Cn2cc(Cl)c(-c3ccc(C#N)c(Cl)c3)n2)[nH]n1. The molecule has 0 fully saturated rings. The quantitative estimate of drug-likeness (QED) is 0.580. The number of aromatic amines is 1. The van der Waals surface area contributed by atoms with E-state index in [1.807, 2.05) is 13.0 Å². The smallest absolute Gasteiger partial charge is 0.269 e. The highest BCUT2D eigenvalue weighted by atomic mass is 35.5. The van der Waals surface area contributed by atoms with Crippen molar-refractivity contribution in [3.8, 4) is 17.3 Å². The van der Waals surface area contributed by atoms with Gasteiger partial charge in [0.25, 0.3) is 5.91 Å². The van der Waals surface area contributed by atoms with Gasteiger partial charge in [0.1, 0.15) is 23.2 Å². The molecular formula is C19H16Cl2N6O2. The Bertz CT molecular complexity index is 1130. The van der Waals surface area contributed by atoms with Crippen LogP contribution in [0.2, 0.25) is 10.0 Å². The fourth-order valence-electron chi connectivity index (χ4n) is 2.69. The molecule has 148 valence electrons. The van der Waals surface area contributed by atoms with Gasteiger partial charge in [0.05, 0.1) is 22.2 Å². The number of benzene rings is 1. The topological polar surface area (TPSA) is 116 Å². The third-order valence-corrected chi connectivity index (χ3v) is 4.69. The minimum atomic E-state index is -0.380. The summed E-state index contributed by atoms with van der Waals surface area (Å²) in [5.41, 5.74) is 1.98. The molecule has 3 aromatic rings. The van der Waals surface area contributed by atoms with Gasteiger partial charge in [-0.15, -0.1) is 0 Å². The molecule has 0 saturated carbocycles. The lowest BCUT2D eigenvalue weighted by molar-refractivity contribution is 0.0930. The van der Waals surface area contributed by atoms with Gasteiger partial charge in [-0.25, -0.2) is 0 Å². The number of aromatic nitrogens is 4. The molecule has 2 N–H and O–H groups in total. The maximum Gasteiger partial charge on any atom is 0.269 e. The zero-order chi connectivity index (χ0) is 21.1. The van der Waals surface area contributed by atoms with Gasteiger partial charge in [-0.05, 0) is 25.1 Å². The molecule has 0 bridgehead atoms. The van der Waals surface area contributed by atoms with Crippen molar-refractivity contribution >= 4 is 34.9 Å². The molecule has 0 spiro atoms. The van der Waals surface area contributed by atoms with Gasteiger partial charge in [-0.2, -0.15) is 15.5 Å². The van der Waals surface area contributed by atoms with Crippen molar-refractivity contribution in [1.82, 2.24) is 25.3 Å². The van der Waals surface area contributed by atoms with Crippen LogP contribution in [0.1, 0.15) is 40.4 Å². The number of hydrogen-bond acceptors (Lipinski definition) is 5. The number of carbonyl (C=O) groups is 2. The number of nitrogens with one attached hydrogen (secondary N) is 2. The summed E-state index contributed by atoms with van der Waals surface area (Å²) in [4.78, 5) is 23.6. The van der Waals surface area contributed by atoms with Crippen molar-refractivity contribution in [2.24, 2.45) is 0 Å². The first-order valence-corrected chi connectivity index (χ1v) is 9.34. The van der Waals surface area contributed by atoms with Gasteiger partial charge in [0.2, 0.25) is 0 Å². The summed E-state index contributed by atoms with van der Waals surface area (Å²) in [5, 5.41) is 23.3. The number of carbonyl (C=O) groups excluding carboxylic acids is 2. The molecule has 1 amide bonds. The van der Waals surface area contributed by atoms with Gasteiger partial charge in [-0.1, -0.05) is 29.3 Å². The summed E-state index contributed by atoms with van der Waals surface area (Å²) in [6, 6.07) is 8.09. The lowest BCUT2D eigenvalue weighted by atomic mass is 10.1. The summed E-state index contributed by atoms with van der Waals surface area (Å²) in [6.45, 7) is 3.55. The standard InChI is InChI=1S/C19H16Cl2N6O2/c1-10(23-19(29)17-6-16(11(2)28)24-25-17)8-27-9-15(21)18(26-27)12-3-4-13(7-22)14(20)5-12/h3-6,9-10H,8H2,1-2H3,(H,23,29)(H,24,25). The number of nitrogens with zero attached hydrogens (tertiary/aromatic N) is 4. The van der Waals surface area contributed by atoms with Crippen LogP contribution in [0.5, 0.6) is 0 Å². The van der Waals surface area contributed by atoms with Crippen molar-refractivity contribution in [2.45, 2.75) is 26.4 Å². The van der Waals surface area contributed by atoms with E-state index >= 15 is 0 Å². The van der Waals surface area contributed by atoms with E-state index in [0.29, 0.717) is 33.4 Å². The van der Waals surface area contributed by atoms with Crippen molar-refractivity contribution in [3.05, 3.63) is 57.5 Å². The molecule has 0 aliphatic heterocycles. The summed E-state index contributed by atoms with van der Waals surface area (Å²) in [6.07, 6.45) is 1.65. The summed E-state index contributed by atoms with van der Waals surface area (Å²) >= 11 is 12.4. The third-order valence-electron chi connectivity index (χ3n) is 4.10. The Balaban J connectivity index is 1.70. The molecule has 3 rings (SSSR count). The summed E-state index contributed by atoms with van der Waals surface area (Å²) in [7, 11) is 0. The number of Topliss-reactive ketones (excluding diaryl/α,β-unsaturated/α-hetero) is 1. The van der Waals surface area contributed by atoms with E-state index in [4.69, 9.17) is 28.5 Å². The van der Waals surface area contributed by atoms with Crippen LogP contribution in [0.3, 0.4) is 0 Å². The van der Waals surface area contributed by atoms with Crippen LogP contribution in [0.15, 0.2) is 30.5 Å². The molecule has 10 heteroatoms. The monoisotopic (exact) mass is 430 g/mol. The van der Waals surface area contributed by atoms with Crippen LogP contribution in [-0.4, -0.2) is 37.7 Å². The summed E-state index contributed by atoms with van der Waals surface area (Å²) in [5.74, 6) is -0.607. The van der Waals surface area contributed by atoms with Crippen molar-refractivity contribution in [1.29, 1.82) is 5.26 Å². The number of rotatable bonds is 6. The minimum absolute atomic E-state index is 0.201. The molecule has 0 radical (unpaired) electrons. The average Bonchev–Trinajstić information content (AvgIpc) is 3.28. The van der Waals surface area contributed by atoms with Crippen LogP contribution >= 0.6 is 23.2 Å². The van der Waals surface area contributed by atoms with Gasteiger partial charge in [0, 0.05) is 24.7 Å². The van der Waals surface area contributed by atoms with Gasteiger partial charge in [0.15, 0.2) is 5.78 Å². The molecule has 1 aromatic carbocycles. The fourth-order valence-corrected chi connectivity index (χ4v) is 3.17. The molecule has 2 heterocycles. The Labute approximate surface area is 176 Å². The molecular weight excluding hydrogens is 415 g/mol. The zero-order valence-electron chi connectivity index (χ0n) is 15.5. The van der Waals surface area contributed by atoms with E-state index in [1.165, 1.54) is 13.0 Å². The Morgan fingerprint density at radius 3 is 2.69 bits per heavy atom. The predicted octanol–water partition coefficient (Wildman–Crippen LogP) is 3.47. The minimum Gasteiger partial charge on any atom is -0.346 e. The van der Waals surface area contributed by atoms with Crippen molar-refractivity contribution < 1.29 is 9.59 Å². The van der Waals surface area contributed by atoms with Gasteiger partial charge >= 0.3 is 0 Å². The second-order valence-electron chi connectivity index (χ2n) is 6.45. The maximum absolute atomic E-state index is 12.3. The first-order chi connectivity index (χ1) is 13.8. The molecule has 1 atom stereocenters. The molecule has 0 aliphatic rings. The second-order valence-corrected chi connectivity index (χ2v) is 7.27. The largest absolute Gasteiger partial charge is 0.346 e. The first-order valence-electron chi connectivity index (χ1n) is 8.58. The highest BCUT2D eigenvalue weighted by molar-refractivity contribution is 6.33. The molecule has 8 nitrogen and oxygen atoms in total. The van der Waals surface area contributed by atoms with Crippen LogP contribution in [0.4, 0.5) is 0 Å². The molecule has 2 aromatic heterocycles. The number of nitriles is 1. The van der Waals surface area contributed by atoms with E-state index < -0.39 is 0 Å². The Hall–Kier alpha value is -3.15. The Kier molecular flexibility index (Phi) is 6.01. The van der Waals surface area contributed by atoms with Crippen LogP contribution in [0, 0.1) is 11.3 Å². The lowest BCUT2D eigenvalue weighted by Crippen LogP contribution is -2.36. The fraction of sp³-hybridized carbons (Fsp3) is 0.211. The molecule has 0 aliphatic carbocycles. The second kappa shape index (κ2) is 8.47. The van der Waals surface area contributed by atoms with Crippen LogP contribution < -0.4 is 5.32 Å². The van der Waals surface area contributed by atoms with Crippen molar-refractivity contribution in [3.63, 3.8) is 0 Å². The summed E-state index contributed by atoms with van der Waals surface area (Å²) < 4.78 is 1.61. The normalized spacial score (nSPS) is 11.7. The Morgan fingerprint density at radius 2 is 2.07 bits per heavy atom. The third kappa shape index (κ3) is 4.65. The van der Waals surface area contributed by atoms with Crippen molar-refractivity contribution in [2.75, 3.05) is 0 Å². The molecule has 29 heavy (non-hydrogen) atoms. The number of halogens is 2. The highest BCUT2D eigenvalue weighted by Crippen LogP contribution is 2.29. The van der Waals surface area contributed by atoms with Gasteiger partial charge in [-0.3, -0.25) is 19.4 Å². The van der Waals surface area contributed by atoms with E-state index in [2.05, 4.69) is 20.6 Å². The van der Waals surface area contributed by atoms with Crippen LogP contribution in [0.25, 0.3) is 11.3 Å². The van der Waals surface area contributed by atoms with Crippen LogP contribution in [-0.2, 0) is 6.54 Å². The predicted molar refractivity (Wildman–Crippen MR) is 108 cm³/mol. The van der Waals surface area contributed by atoms with E-state index in [-0.39, 0.29) is 29.1 Å². The average molecular weight is 431 g/mol. The number of H-pyrrole nitrogens is 1. The molecule has 0 saturated heterocycles. The first kappa shape index (κ1) is 20.6. The maximum atomic E-state index is 12.3. The van der Waals surface area contributed by atoms with E-state index in [0.717, 1.165) is 0 Å². The molecule has 1 unspecified atom stereocenters. The van der Waals surface area contributed by atoms with E-state index in [9.17, 15) is 9.59 Å². The number of amides is 1. The lowest BCUT2D eigenvalue weighted by Gasteiger charge is -2.13.